The Balaban J connectivity index is 1.97. The lowest BCUT2D eigenvalue weighted by Crippen LogP contribution is -2.24. The molecule has 0 bridgehead atoms. The second-order valence-electron chi connectivity index (χ2n) is 4.05. The summed E-state index contributed by atoms with van der Waals surface area (Å²) in [5, 5.41) is 0. The minimum absolute atomic E-state index is 0.0623. The van der Waals surface area contributed by atoms with Gasteiger partial charge < -0.3 is 9.47 Å². The minimum Gasteiger partial charge on any atom is -0.465 e. The number of benzene rings is 1. The van der Waals surface area contributed by atoms with Crippen LogP contribution in [0.1, 0.15) is 24.8 Å². The Kier molecular flexibility index (Phi) is 4.00. The maximum Gasteiger partial charge on any atom is 0.199 e. The van der Waals surface area contributed by atoms with Crippen LogP contribution in [0.5, 0.6) is 5.75 Å². The smallest absolute Gasteiger partial charge is 0.199 e. The second-order valence-corrected chi connectivity index (χ2v) is 4.05. The highest BCUT2D eigenvalue weighted by Crippen LogP contribution is 2.20. The molecule has 1 aromatic carbocycles. The summed E-state index contributed by atoms with van der Waals surface area (Å²) in [7, 11) is 0. The largest absolute Gasteiger partial charge is 0.465 e. The van der Waals surface area contributed by atoms with Gasteiger partial charge in [0.2, 0.25) is 0 Å². The molecular weight excluding hydrogens is 200 g/mol. The lowest BCUT2D eigenvalue weighted by molar-refractivity contribution is -0.105. The van der Waals surface area contributed by atoms with Gasteiger partial charge >= 0.3 is 0 Å². The average Bonchev–Trinajstić information content (AvgIpc) is 2.31. The zero-order valence-electron chi connectivity index (χ0n) is 9.52. The van der Waals surface area contributed by atoms with Gasteiger partial charge in [-0.1, -0.05) is 18.2 Å². The Morgan fingerprint density at radius 3 is 3.12 bits per heavy atom. The highest BCUT2D eigenvalue weighted by Gasteiger charge is 2.14. The topological polar surface area (TPSA) is 18.5 Å². The normalized spacial score (nSPS) is 20.4. The third-order valence-corrected chi connectivity index (χ3v) is 2.68. The molecule has 1 fully saturated rings. The van der Waals surface area contributed by atoms with Crippen molar-refractivity contribution in [1.29, 1.82) is 0 Å². The van der Waals surface area contributed by atoms with Crippen LogP contribution in [0.15, 0.2) is 36.9 Å². The fourth-order valence-electron chi connectivity index (χ4n) is 1.87. The van der Waals surface area contributed by atoms with E-state index in [1.165, 1.54) is 12.0 Å². The van der Waals surface area contributed by atoms with Crippen molar-refractivity contribution < 1.29 is 9.47 Å². The average molecular weight is 218 g/mol. The molecule has 1 saturated heterocycles. The summed E-state index contributed by atoms with van der Waals surface area (Å²) in [5.41, 5.74) is 1.23. The Labute approximate surface area is 96.9 Å². The number of ether oxygens (including phenoxy) is 2. The van der Waals surface area contributed by atoms with Gasteiger partial charge in [-0.05, 0) is 37.0 Å². The Bertz CT molecular complexity index is 340. The molecule has 2 heteroatoms. The summed E-state index contributed by atoms with van der Waals surface area (Å²) in [6.45, 7) is 4.55. The number of hydrogen-bond donors (Lipinski definition) is 0. The van der Waals surface area contributed by atoms with Gasteiger partial charge in [0, 0.05) is 6.42 Å². The first kappa shape index (κ1) is 11.2. The van der Waals surface area contributed by atoms with E-state index in [1.807, 2.05) is 18.2 Å². The molecule has 0 spiro atoms. The zero-order valence-corrected chi connectivity index (χ0v) is 9.52. The van der Waals surface area contributed by atoms with Crippen LogP contribution in [-0.4, -0.2) is 12.9 Å². The summed E-state index contributed by atoms with van der Waals surface area (Å²) in [6.07, 6.45) is 6.05. The molecule has 0 aromatic heterocycles. The van der Waals surface area contributed by atoms with E-state index in [2.05, 4.69) is 18.7 Å². The Morgan fingerprint density at radius 1 is 1.44 bits per heavy atom. The quantitative estimate of drug-likeness (QED) is 0.722. The fourth-order valence-corrected chi connectivity index (χ4v) is 1.87. The maximum atomic E-state index is 5.79. The molecule has 0 N–H and O–H groups in total. The molecule has 1 heterocycles. The van der Waals surface area contributed by atoms with Gasteiger partial charge in [-0.15, -0.1) is 6.58 Å². The molecular formula is C14H18O2. The van der Waals surface area contributed by atoms with Crippen molar-refractivity contribution >= 4 is 0 Å². The molecule has 0 unspecified atom stereocenters. The maximum absolute atomic E-state index is 5.79. The first-order chi connectivity index (χ1) is 7.88. The van der Waals surface area contributed by atoms with E-state index in [-0.39, 0.29) is 6.29 Å². The van der Waals surface area contributed by atoms with Gasteiger partial charge in [-0.25, -0.2) is 0 Å². The molecule has 2 nitrogen and oxygen atoms in total. The van der Waals surface area contributed by atoms with Crippen molar-refractivity contribution in [1.82, 2.24) is 0 Å². The van der Waals surface area contributed by atoms with Crippen molar-refractivity contribution in [2.75, 3.05) is 6.61 Å². The van der Waals surface area contributed by atoms with E-state index in [4.69, 9.17) is 9.47 Å². The van der Waals surface area contributed by atoms with Gasteiger partial charge in [0.1, 0.15) is 5.75 Å². The number of rotatable bonds is 4. The Hall–Kier alpha value is -1.28. The van der Waals surface area contributed by atoms with Crippen molar-refractivity contribution in [2.24, 2.45) is 0 Å². The van der Waals surface area contributed by atoms with Crippen LogP contribution in [0.4, 0.5) is 0 Å². The molecule has 0 radical (unpaired) electrons. The molecule has 1 aliphatic rings. The van der Waals surface area contributed by atoms with E-state index in [0.29, 0.717) is 0 Å². The van der Waals surface area contributed by atoms with E-state index < -0.39 is 0 Å². The predicted molar refractivity (Wildman–Crippen MR) is 64.6 cm³/mol. The van der Waals surface area contributed by atoms with Crippen molar-refractivity contribution in [3.05, 3.63) is 42.5 Å². The summed E-state index contributed by atoms with van der Waals surface area (Å²) >= 11 is 0. The zero-order chi connectivity index (χ0) is 11.2. The van der Waals surface area contributed by atoms with Crippen LogP contribution in [0.25, 0.3) is 0 Å². The van der Waals surface area contributed by atoms with Crippen LogP contribution in [0, 0.1) is 0 Å². The van der Waals surface area contributed by atoms with E-state index in [0.717, 1.165) is 31.6 Å². The summed E-state index contributed by atoms with van der Waals surface area (Å²) in [4.78, 5) is 0. The van der Waals surface area contributed by atoms with E-state index >= 15 is 0 Å². The monoisotopic (exact) mass is 218 g/mol. The molecule has 1 atom stereocenters. The van der Waals surface area contributed by atoms with Crippen LogP contribution in [-0.2, 0) is 11.2 Å². The van der Waals surface area contributed by atoms with Crippen molar-refractivity contribution in [2.45, 2.75) is 32.0 Å². The lowest BCUT2D eigenvalue weighted by atomic mass is 10.1. The first-order valence-electron chi connectivity index (χ1n) is 5.86. The summed E-state index contributed by atoms with van der Waals surface area (Å²) < 4.78 is 11.3. The fraction of sp³-hybridized carbons (Fsp3) is 0.429. The van der Waals surface area contributed by atoms with Crippen molar-refractivity contribution in [3.8, 4) is 5.75 Å². The van der Waals surface area contributed by atoms with Gasteiger partial charge in [-0.3, -0.25) is 0 Å². The number of hydrogen-bond acceptors (Lipinski definition) is 2. The second kappa shape index (κ2) is 5.71. The molecule has 1 aliphatic heterocycles. The summed E-state index contributed by atoms with van der Waals surface area (Å²) in [5.74, 6) is 0.895. The molecule has 2 rings (SSSR count). The molecule has 0 aliphatic carbocycles. The third kappa shape index (κ3) is 3.11. The van der Waals surface area contributed by atoms with E-state index in [1.54, 1.807) is 0 Å². The first-order valence-corrected chi connectivity index (χ1v) is 5.86. The molecule has 86 valence electrons. The van der Waals surface area contributed by atoms with Crippen LogP contribution < -0.4 is 4.74 Å². The van der Waals surface area contributed by atoms with E-state index in [9.17, 15) is 0 Å². The molecule has 0 saturated carbocycles. The predicted octanol–water partition coefficient (Wildman–Crippen LogP) is 3.32. The van der Waals surface area contributed by atoms with Gasteiger partial charge in [0.15, 0.2) is 6.29 Å². The highest BCUT2D eigenvalue weighted by molar-refractivity contribution is 5.29. The molecule has 16 heavy (non-hydrogen) atoms. The molecule has 0 amide bonds. The third-order valence-electron chi connectivity index (χ3n) is 2.68. The van der Waals surface area contributed by atoms with Gasteiger partial charge in [-0.2, -0.15) is 0 Å². The van der Waals surface area contributed by atoms with Crippen LogP contribution in [0.3, 0.4) is 0 Å². The van der Waals surface area contributed by atoms with Gasteiger partial charge in [0.25, 0.3) is 0 Å². The number of allylic oxidation sites excluding steroid dienone is 1. The highest BCUT2D eigenvalue weighted by atomic mass is 16.7. The lowest BCUT2D eigenvalue weighted by Gasteiger charge is -2.23. The SMILES string of the molecule is C=CCc1cccc(O[C@H]2CCCCO2)c1. The summed E-state index contributed by atoms with van der Waals surface area (Å²) in [6, 6.07) is 8.12. The van der Waals surface area contributed by atoms with Crippen LogP contribution in [0.2, 0.25) is 0 Å². The molecule has 1 aromatic rings. The van der Waals surface area contributed by atoms with Gasteiger partial charge in [0.05, 0.1) is 6.61 Å². The van der Waals surface area contributed by atoms with Crippen molar-refractivity contribution in [3.63, 3.8) is 0 Å². The minimum atomic E-state index is -0.0623. The Morgan fingerprint density at radius 2 is 2.38 bits per heavy atom. The standard InChI is InChI=1S/C14H18O2/c1-2-6-12-7-5-8-13(11-12)16-14-9-3-4-10-15-14/h2,5,7-8,11,14H,1,3-4,6,9-10H2/t14-/m0/s1. The van der Waals surface area contributed by atoms with Crippen LogP contribution >= 0.6 is 0 Å².